The molecule has 0 fully saturated rings. The van der Waals surface area contributed by atoms with Gasteiger partial charge in [0.1, 0.15) is 11.6 Å². The molecule has 0 unspecified atom stereocenters. The van der Waals surface area contributed by atoms with Gasteiger partial charge in [0.05, 0.1) is 23.8 Å². The van der Waals surface area contributed by atoms with Crippen LogP contribution in [0.1, 0.15) is 24.3 Å². The maximum absolute atomic E-state index is 13.5. The maximum atomic E-state index is 13.5. The molecular formula is C14H13ClFNO3. The van der Waals surface area contributed by atoms with Crippen molar-refractivity contribution in [3.8, 4) is 5.75 Å². The quantitative estimate of drug-likeness (QED) is 0.812. The van der Waals surface area contributed by atoms with Gasteiger partial charge in [-0.15, -0.1) is 0 Å². The van der Waals surface area contributed by atoms with Crippen LogP contribution in [-0.4, -0.2) is 24.2 Å². The van der Waals surface area contributed by atoms with Crippen LogP contribution in [0.3, 0.4) is 0 Å². The molecule has 0 aliphatic rings. The first kappa shape index (κ1) is 14.5. The molecule has 0 spiro atoms. The van der Waals surface area contributed by atoms with E-state index in [1.807, 2.05) is 13.8 Å². The summed E-state index contributed by atoms with van der Waals surface area (Å²) >= 11 is 5.98. The molecule has 0 amide bonds. The van der Waals surface area contributed by atoms with E-state index in [0.717, 1.165) is 6.07 Å². The van der Waals surface area contributed by atoms with Gasteiger partial charge in [0.25, 0.3) is 0 Å². The summed E-state index contributed by atoms with van der Waals surface area (Å²) in [4.78, 5) is 15.7. The molecule has 0 aliphatic carbocycles. The lowest BCUT2D eigenvalue weighted by Crippen LogP contribution is -2.10. The van der Waals surface area contributed by atoms with Crippen LogP contribution in [0.25, 0.3) is 10.9 Å². The second-order valence-electron chi connectivity index (χ2n) is 4.45. The number of carbonyl (C=O) groups excluding carboxylic acids is 1. The SMILES string of the molecule is COC(=O)c1cc(OC(C)C)c2cc(F)cc(Cl)c2n1. The molecule has 0 radical (unpaired) electrons. The summed E-state index contributed by atoms with van der Waals surface area (Å²) in [5.41, 5.74) is 0.357. The Labute approximate surface area is 120 Å². The van der Waals surface area contributed by atoms with Gasteiger partial charge in [-0.1, -0.05) is 11.6 Å². The van der Waals surface area contributed by atoms with E-state index >= 15 is 0 Å². The maximum Gasteiger partial charge on any atom is 0.356 e. The molecule has 0 saturated carbocycles. The predicted octanol–water partition coefficient (Wildman–Crippen LogP) is 3.60. The van der Waals surface area contributed by atoms with Crippen molar-refractivity contribution in [1.82, 2.24) is 4.98 Å². The zero-order valence-electron chi connectivity index (χ0n) is 11.2. The smallest absolute Gasteiger partial charge is 0.356 e. The molecule has 0 saturated heterocycles. The zero-order chi connectivity index (χ0) is 14.9. The first-order valence-electron chi connectivity index (χ1n) is 5.97. The van der Waals surface area contributed by atoms with Crippen molar-refractivity contribution in [2.45, 2.75) is 20.0 Å². The van der Waals surface area contributed by atoms with Gasteiger partial charge in [0, 0.05) is 11.5 Å². The van der Waals surface area contributed by atoms with E-state index in [2.05, 4.69) is 9.72 Å². The molecule has 2 rings (SSSR count). The number of carbonyl (C=O) groups is 1. The van der Waals surface area contributed by atoms with Gasteiger partial charge in [-0.2, -0.15) is 0 Å². The second-order valence-corrected chi connectivity index (χ2v) is 4.85. The van der Waals surface area contributed by atoms with Crippen LogP contribution in [0.15, 0.2) is 18.2 Å². The van der Waals surface area contributed by atoms with Crippen molar-refractivity contribution in [2.24, 2.45) is 0 Å². The highest BCUT2D eigenvalue weighted by Gasteiger charge is 2.16. The van der Waals surface area contributed by atoms with E-state index in [1.54, 1.807) is 0 Å². The third-order valence-electron chi connectivity index (χ3n) is 2.55. The van der Waals surface area contributed by atoms with Crippen molar-refractivity contribution in [3.05, 3.63) is 34.7 Å². The lowest BCUT2D eigenvalue weighted by molar-refractivity contribution is 0.0593. The predicted molar refractivity (Wildman–Crippen MR) is 73.8 cm³/mol. The molecule has 0 N–H and O–H groups in total. The molecule has 106 valence electrons. The van der Waals surface area contributed by atoms with Crippen LogP contribution < -0.4 is 4.74 Å². The molecule has 4 nitrogen and oxygen atoms in total. The summed E-state index contributed by atoms with van der Waals surface area (Å²) in [6, 6.07) is 3.83. The molecule has 1 heterocycles. The van der Waals surface area contributed by atoms with Crippen LogP contribution in [-0.2, 0) is 4.74 Å². The number of fused-ring (bicyclic) bond motifs is 1. The lowest BCUT2D eigenvalue weighted by atomic mass is 10.1. The third kappa shape index (κ3) is 2.82. The van der Waals surface area contributed by atoms with Crippen molar-refractivity contribution < 1.29 is 18.7 Å². The van der Waals surface area contributed by atoms with Crippen molar-refractivity contribution in [3.63, 3.8) is 0 Å². The van der Waals surface area contributed by atoms with Crippen molar-refractivity contribution in [2.75, 3.05) is 7.11 Å². The van der Waals surface area contributed by atoms with Crippen LogP contribution in [0.2, 0.25) is 5.02 Å². The average Bonchev–Trinajstić information content (AvgIpc) is 2.37. The number of nitrogens with zero attached hydrogens (tertiary/aromatic N) is 1. The lowest BCUT2D eigenvalue weighted by Gasteiger charge is -2.14. The summed E-state index contributed by atoms with van der Waals surface area (Å²) in [5, 5.41) is 0.524. The Hall–Kier alpha value is -1.88. The minimum atomic E-state index is -0.610. The van der Waals surface area contributed by atoms with Crippen LogP contribution in [0, 0.1) is 5.82 Å². The molecule has 1 aromatic carbocycles. The first-order chi connectivity index (χ1) is 9.42. The molecule has 0 aliphatic heterocycles. The van der Waals surface area contributed by atoms with Gasteiger partial charge in [-0.05, 0) is 26.0 Å². The highest BCUT2D eigenvalue weighted by atomic mass is 35.5. The number of aromatic nitrogens is 1. The normalized spacial score (nSPS) is 10.9. The highest BCUT2D eigenvalue weighted by molar-refractivity contribution is 6.35. The minimum absolute atomic E-state index is 0.0594. The zero-order valence-corrected chi connectivity index (χ0v) is 12.0. The fourth-order valence-corrected chi connectivity index (χ4v) is 2.03. The van der Waals surface area contributed by atoms with Gasteiger partial charge in [-0.25, -0.2) is 14.2 Å². The topological polar surface area (TPSA) is 48.4 Å². The molecular weight excluding hydrogens is 285 g/mol. The number of halogens is 2. The Morgan fingerprint density at radius 3 is 2.65 bits per heavy atom. The van der Waals surface area contributed by atoms with Gasteiger partial charge < -0.3 is 9.47 Å². The largest absolute Gasteiger partial charge is 0.490 e. The summed E-state index contributed by atoms with van der Waals surface area (Å²) in [5.74, 6) is -0.767. The van der Waals surface area contributed by atoms with Crippen LogP contribution >= 0.6 is 11.6 Å². The Balaban J connectivity index is 2.74. The summed E-state index contributed by atoms with van der Waals surface area (Å²) in [6.07, 6.45) is -0.145. The van der Waals surface area contributed by atoms with Gasteiger partial charge in [-0.3, -0.25) is 0 Å². The van der Waals surface area contributed by atoms with Gasteiger partial charge >= 0.3 is 5.97 Å². The molecule has 2 aromatic rings. The van der Waals surface area contributed by atoms with E-state index in [9.17, 15) is 9.18 Å². The van der Waals surface area contributed by atoms with Crippen LogP contribution in [0.4, 0.5) is 4.39 Å². The molecule has 1 aromatic heterocycles. The van der Waals surface area contributed by atoms with Gasteiger partial charge in [0.2, 0.25) is 0 Å². The number of esters is 1. The standard InChI is InChI=1S/C14H13ClFNO3/c1-7(2)20-12-6-11(14(18)19-3)17-13-9(12)4-8(16)5-10(13)15/h4-7H,1-3H3. The number of benzene rings is 1. The average molecular weight is 298 g/mol. The summed E-state index contributed by atoms with van der Waals surface area (Å²) in [6.45, 7) is 3.65. The molecule has 0 atom stereocenters. The summed E-state index contributed by atoms with van der Waals surface area (Å²) in [7, 11) is 1.25. The van der Waals surface area contributed by atoms with Crippen molar-refractivity contribution in [1.29, 1.82) is 0 Å². The van der Waals surface area contributed by atoms with Gasteiger partial charge in [0.15, 0.2) is 5.69 Å². The molecule has 20 heavy (non-hydrogen) atoms. The number of hydrogen-bond donors (Lipinski definition) is 0. The Morgan fingerprint density at radius 1 is 1.35 bits per heavy atom. The van der Waals surface area contributed by atoms with Crippen molar-refractivity contribution >= 4 is 28.5 Å². The minimum Gasteiger partial charge on any atom is -0.490 e. The van der Waals surface area contributed by atoms with E-state index < -0.39 is 11.8 Å². The van der Waals surface area contributed by atoms with E-state index in [4.69, 9.17) is 16.3 Å². The summed E-state index contributed by atoms with van der Waals surface area (Å²) < 4.78 is 23.7. The molecule has 6 heteroatoms. The van der Waals surface area contributed by atoms with E-state index in [0.29, 0.717) is 16.7 Å². The first-order valence-corrected chi connectivity index (χ1v) is 6.35. The molecule has 0 bridgehead atoms. The number of hydrogen-bond acceptors (Lipinski definition) is 4. The second kappa shape index (κ2) is 5.63. The number of rotatable bonds is 3. The number of methoxy groups -OCH3 is 1. The Kier molecular flexibility index (Phi) is 4.09. The number of ether oxygens (including phenoxy) is 2. The van der Waals surface area contributed by atoms with E-state index in [1.165, 1.54) is 19.2 Å². The highest BCUT2D eigenvalue weighted by Crippen LogP contribution is 2.32. The van der Waals surface area contributed by atoms with Crippen LogP contribution in [0.5, 0.6) is 5.75 Å². The Bertz CT molecular complexity index is 673. The fourth-order valence-electron chi connectivity index (χ4n) is 1.78. The van der Waals surface area contributed by atoms with E-state index in [-0.39, 0.29) is 16.8 Å². The third-order valence-corrected chi connectivity index (χ3v) is 2.84. The fraction of sp³-hybridized carbons (Fsp3) is 0.286. The monoisotopic (exact) mass is 297 g/mol. The number of pyridine rings is 1. The Morgan fingerprint density at radius 2 is 2.05 bits per heavy atom.